The first kappa shape index (κ1) is 15.2. The average molecular weight is 264 g/mol. The summed E-state index contributed by atoms with van der Waals surface area (Å²) in [6.45, 7) is 1.78. The second-order valence-electron chi connectivity index (χ2n) is 4.44. The molecule has 0 saturated carbocycles. The van der Waals surface area contributed by atoms with E-state index in [9.17, 15) is 9.59 Å². The predicted molar refractivity (Wildman–Crippen MR) is 72.6 cm³/mol. The fourth-order valence-corrected chi connectivity index (χ4v) is 1.68. The maximum absolute atomic E-state index is 11.6. The van der Waals surface area contributed by atoms with Crippen molar-refractivity contribution in [2.75, 3.05) is 0 Å². The number of nitrogens with one attached hydrogen (secondary N) is 1. The topological polar surface area (TPSA) is 92.4 Å². The number of benzene rings is 1. The highest BCUT2D eigenvalue weighted by atomic mass is 16.4. The van der Waals surface area contributed by atoms with E-state index in [4.69, 9.17) is 10.8 Å². The molecule has 0 unspecified atom stereocenters. The number of rotatable bonds is 7. The van der Waals surface area contributed by atoms with Crippen LogP contribution in [0.25, 0.3) is 0 Å². The summed E-state index contributed by atoms with van der Waals surface area (Å²) < 4.78 is 0. The van der Waals surface area contributed by atoms with Crippen molar-refractivity contribution in [3.05, 3.63) is 35.9 Å². The number of carboxylic acid groups (broad SMARTS) is 1. The Kier molecular flexibility index (Phi) is 6.02. The van der Waals surface area contributed by atoms with Gasteiger partial charge >= 0.3 is 5.97 Å². The molecule has 2 atom stereocenters. The van der Waals surface area contributed by atoms with E-state index in [0.717, 1.165) is 5.56 Å². The van der Waals surface area contributed by atoms with Crippen LogP contribution in [0, 0.1) is 0 Å². The Hall–Kier alpha value is -1.88. The first-order valence-corrected chi connectivity index (χ1v) is 6.37. The molecule has 0 aliphatic carbocycles. The van der Waals surface area contributed by atoms with Gasteiger partial charge in [0.05, 0.1) is 6.04 Å². The largest absolute Gasteiger partial charge is 0.480 e. The molecule has 1 aromatic carbocycles. The third kappa shape index (κ3) is 5.09. The Balaban J connectivity index is 2.54. The molecule has 5 nitrogen and oxygen atoms in total. The van der Waals surface area contributed by atoms with Gasteiger partial charge in [0.2, 0.25) is 5.91 Å². The van der Waals surface area contributed by atoms with Gasteiger partial charge in [-0.15, -0.1) is 0 Å². The number of nitrogens with two attached hydrogens (primary N) is 1. The number of carboxylic acids is 1. The number of hydrogen-bond donors (Lipinski definition) is 3. The molecule has 0 radical (unpaired) electrons. The summed E-state index contributed by atoms with van der Waals surface area (Å²) in [5.41, 5.74) is 6.61. The summed E-state index contributed by atoms with van der Waals surface area (Å²) in [7, 11) is 0. The number of aryl methyl sites for hydroxylation is 1. The van der Waals surface area contributed by atoms with E-state index in [1.807, 2.05) is 30.3 Å². The summed E-state index contributed by atoms with van der Waals surface area (Å²) in [6.07, 6.45) is 1.43. The van der Waals surface area contributed by atoms with Gasteiger partial charge < -0.3 is 16.2 Å². The van der Waals surface area contributed by atoms with Crippen molar-refractivity contribution < 1.29 is 14.7 Å². The van der Waals surface area contributed by atoms with Crippen molar-refractivity contribution in [1.29, 1.82) is 0 Å². The summed E-state index contributed by atoms with van der Waals surface area (Å²) in [4.78, 5) is 22.7. The molecule has 0 heterocycles. The summed E-state index contributed by atoms with van der Waals surface area (Å²) in [6, 6.07) is 8.01. The Bertz CT molecular complexity index is 420. The maximum Gasteiger partial charge on any atom is 0.326 e. The first-order chi connectivity index (χ1) is 9.04. The average Bonchev–Trinajstić information content (AvgIpc) is 2.42. The Morgan fingerprint density at radius 2 is 1.95 bits per heavy atom. The zero-order valence-corrected chi connectivity index (χ0v) is 11.0. The Morgan fingerprint density at radius 3 is 2.47 bits per heavy atom. The van der Waals surface area contributed by atoms with Crippen molar-refractivity contribution in [3.63, 3.8) is 0 Å². The quantitative estimate of drug-likeness (QED) is 0.683. The highest BCUT2D eigenvalue weighted by Crippen LogP contribution is 2.05. The normalized spacial score (nSPS) is 13.6. The van der Waals surface area contributed by atoms with Crippen LogP contribution in [0.5, 0.6) is 0 Å². The molecule has 0 bridgehead atoms. The van der Waals surface area contributed by atoms with Crippen molar-refractivity contribution in [2.45, 2.75) is 38.3 Å². The molecule has 19 heavy (non-hydrogen) atoms. The molecular formula is C14H20N2O3. The number of hydrogen-bond acceptors (Lipinski definition) is 3. The monoisotopic (exact) mass is 264 g/mol. The van der Waals surface area contributed by atoms with Gasteiger partial charge in [-0.3, -0.25) is 4.79 Å². The van der Waals surface area contributed by atoms with Crippen LogP contribution in [0.3, 0.4) is 0 Å². The van der Waals surface area contributed by atoms with Crippen molar-refractivity contribution in [1.82, 2.24) is 5.32 Å². The zero-order valence-electron chi connectivity index (χ0n) is 11.0. The molecule has 0 saturated heterocycles. The van der Waals surface area contributed by atoms with Gasteiger partial charge in [0, 0.05) is 0 Å². The molecule has 1 aromatic rings. The molecule has 0 aliphatic rings. The van der Waals surface area contributed by atoms with Gasteiger partial charge in [-0.1, -0.05) is 37.3 Å². The molecule has 4 N–H and O–H groups in total. The van der Waals surface area contributed by atoms with Crippen molar-refractivity contribution in [3.8, 4) is 0 Å². The fraction of sp³-hybridized carbons (Fsp3) is 0.429. The van der Waals surface area contributed by atoms with Gasteiger partial charge in [-0.25, -0.2) is 4.79 Å². The molecular weight excluding hydrogens is 244 g/mol. The predicted octanol–water partition coefficient (Wildman–Crippen LogP) is 0.926. The minimum atomic E-state index is -1.03. The molecule has 0 spiro atoms. The van der Waals surface area contributed by atoms with Gasteiger partial charge in [0.25, 0.3) is 0 Å². The van der Waals surface area contributed by atoms with Crippen LogP contribution in [-0.4, -0.2) is 29.1 Å². The van der Waals surface area contributed by atoms with Crippen LogP contribution in [0.15, 0.2) is 30.3 Å². The van der Waals surface area contributed by atoms with E-state index in [2.05, 4.69) is 5.32 Å². The second-order valence-corrected chi connectivity index (χ2v) is 4.44. The standard InChI is InChI=1S/C14H20N2O3/c1-2-11(15)13(17)16-12(14(18)19)9-8-10-6-4-3-5-7-10/h3-7,11-12H,2,8-9,15H2,1H3,(H,16,17)(H,18,19)/t11-,12+/m1/s1. The van der Waals surface area contributed by atoms with Crippen molar-refractivity contribution >= 4 is 11.9 Å². The van der Waals surface area contributed by atoms with Crippen LogP contribution >= 0.6 is 0 Å². The number of carbonyl (C=O) groups is 2. The third-order valence-electron chi connectivity index (χ3n) is 2.96. The van der Waals surface area contributed by atoms with E-state index < -0.39 is 24.0 Å². The lowest BCUT2D eigenvalue weighted by atomic mass is 10.0. The molecule has 0 aliphatic heterocycles. The van der Waals surface area contributed by atoms with E-state index in [0.29, 0.717) is 19.3 Å². The van der Waals surface area contributed by atoms with E-state index in [1.165, 1.54) is 0 Å². The minimum Gasteiger partial charge on any atom is -0.480 e. The number of carbonyl (C=O) groups excluding carboxylic acids is 1. The summed E-state index contributed by atoms with van der Waals surface area (Å²) >= 11 is 0. The summed E-state index contributed by atoms with van der Waals surface area (Å²) in [5.74, 6) is -1.45. The van der Waals surface area contributed by atoms with Gasteiger partial charge in [-0.05, 0) is 24.8 Å². The zero-order chi connectivity index (χ0) is 14.3. The van der Waals surface area contributed by atoms with Gasteiger partial charge in [0.15, 0.2) is 0 Å². The lowest BCUT2D eigenvalue weighted by Gasteiger charge is -2.17. The highest BCUT2D eigenvalue weighted by Gasteiger charge is 2.22. The molecule has 1 rings (SSSR count). The maximum atomic E-state index is 11.6. The smallest absolute Gasteiger partial charge is 0.326 e. The Morgan fingerprint density at radius 1 is 1.32 bits per heavy atom. The molecule has 104 valence electrons. The third-order valence-corrected chi connectivity index (χ3v) is 2.96. The molecule has 5 heteroatoms. The summed E-state index contributed by atoms with van der Waals surface area (Å²) in [5, 5.41) is 11.6. The van der Waals surface area contributed by atoms with Crippen LogP contribution in [0.2, 0.25) is 0 Å². The fourth-order valence-electron chi connectivity index (χ4n) is 1.68. The van der Waals surface area contributed by atoms with Crippen molar-refractivity contribution in [2.24, 2.45) is 5.73 Å². The van der Waals surface area contributed by atoms with Crippen LogP contribution in [0.1, 0.15) is 25.3 Å². The molecule has 0 aromatic heterocycles. The highest BCUT2D eigenvalue weighted by molar-refractivity contribution is 5.86. The lowest BCUT2D eigenvalue weighted by molar-refractivity contribution is -0.142. The van der Waals surface area contributed by atoms with E-state index in [-0.39, 0.29) is 0 Å². The minimum absolute atomic E-state index is 0.349. The Labute approximate surface area is 112 Å². The van der Waals surface area contributed by atoms with E-state index in [1.54, 1.807) is 6.92 Å². The number of aliphatic carboxylic acids is 1. The van der Waals surface area contributed by atoms with Crippen LogP contribution in [-0.2, 0) is 16.0 Å². The lowest BCUT2D eigenvalue weighted by Crippen LogP contribution is -2.48. The molecule has 1 amide bonds. The number of amides is 1. The van der Waals surface area contributed by atoms with Crippen LogP contribution < -0.4 is 11.1 Å². The molecule has 0 fully saturated rings. The SMILES string of the molecule is CC[C@@H](N)C(=O)N[C@@H](CCc1ccccc1)C(=O)O. The van der Waals surface area contributed by atoms with Crippen LogP contribution in [0.4, 0.5) is 0 Å². The first-order valence-electron chi connectivity index (χ1n) is 6.37. The van der Waals surface area contributed by atoms with Gasteiger partial charge in [-0.2, -0.15) is 0 Å². The van der Waals surface area contributed by atoms with Gasteiger partial charge in [0.1, 0.15) is 6.04 Å². The van der Waals surface area contributed by atoms with E-state index >= 15 is 0 Å². The second kappa shape index (κ2) is 7.53.